The molecule has 4 nitrogen and oxygen atoms in total. The number of rotatable bonds is 5. The first-order chi connectivity index (χ1) is 7.88. The Morgan fingerprint density at radius 2 is 2.38 bits per heavy atom. The highest BCUT2D eigenvalue weighted by atomic mass is 32.1. The molecule has 16 heavy (non-hydrogen) atoms. The first-order valence-corrected chi connectivity index (χ1v) is 5.80. The Hall–Kier alpha value is -1.46. The summed E-state index contributed by atoms with van der Waals surface area (Å²) >= 11 is 1.36. The Bertz CT molecular complexity index is 431. The number of hydrogen-bond donors (Lipinski definition) is 1. The zero-order valence-electron chi connectivity index (χ0n) is 9.01. The minimum absolute atomic E-state index is 0.633. The Balaban J connectivity index is 1.96. The van der Waals surface area contributed by atoms with Gasteiger partial charge in [-0.15, -0.1) is 5.10 Å². The van der Waals surface area contributed by atoms with E-state index in [1.807, 2.05) is 23.6 Å². The number of hydrogen-bond acceptors (Lipinski definition) is 5. The Morgan fingerprint density at radius 3 is 3.12 bits per heavy atom. The molecular formula is C11H13N3OS. The van der Waals surface area contributed by atoms with Gasteiger partial charge in [0.25, 0.3) is 0 Å². The average Bonchev–Trinajstić information content (AvgIpc) is 2.80. The second-order valence-corrected chi connectivity index (χ2v) is 3.99. The molecule has 2 rings (SSSR count). The van der Waals surface area contributed by atoms with Crippen molar-refractivity contribution in [3.63, 3.8) is 0 Å². The maximum absolute atomic E-state index is 5.08. The molecule has 5 heteroatoms. The van der Waals surface area contributed by atoms with Gasteiger partial charge in [-0.05, 0) is 29.2 Å². The second-order valence-electron chi connectivity index (χ2n) is 3.38. The number of nitrogens with zero attached hydrogens (tertiary/aromatic N) is 2. The predicted octanol–water partition coefficient (Wildman–Crippen LogP) is 2.30. The maximum Gasteiger partial charge on any atom is 0.0946 e. The molecule has 0 aliphatic heterocycles. The zero-order chi connectivity index (χ0) is 11.2. The topological polar surface area (TPSA) is 47.0 Å². The quantitative estimate of drug-likeness (QED) is 0.863. The highest BCUT2D eigenvalue weighted by molar-refractivity contribution is 7.03. The third-order valence-electron chi connectivity index (χ3n) is 2.12. The lowest BCUT2D eigenvalue weighted by atomic mass is 10.2. The van der Waals surface area contributed by atoms with Gasteiger partial charge in [0, 0.05) is 18.2 Å². The van der Waals surface area contributed by atoms with Gasteiger partial charge in [-0.1, -0.05) is 16.6 Å². The summed E-state index contributed by atoms with van der Waals surface area (Å²) in [5.74, 6) is 0. The fourth-order valence-electron chi connectivity index (χ4n) is 1.39. The van der Waals surface area contributed by atoms with Gasteiger partial charge in [-0.2, -0.15) is 0 Å². The fraction of sp³-hybridized carbons (Fsp3) is 0.273. The van der Waals surface area contributed by atoms with Gasteiger partial charge in [-0.25, -0.2) is 0 Å². The molecule has 84 valence electrons. The second kappa shape index (κ2) is 5.58. The molecule has 0 aliphatic carbocycles. The van der Waals surface area contributed by atoms with E-state index < -0.39 is 0 Å². The Kier molecular flexibility index (Phi) is 3.85. The van der Waals surface area contributed by atoms with E-state index in [0.717, 1.165) is 16.9 Å². The summed E-state index contributed by atoms with van der Waals surface area (Å²) in [5.41, 5.74) is 3.19. The van der Waals surface area contributed by atoms with Crippen molar-refractivity contribution in [2.75, 3.05) is 12.4 Å². The molecule has 0 unspecified atom stereocenters. The molecule has 0 aliphatic rings. The van der Waals surface area contributed by atoms with Crippen LogP contribution in [0.3, 0.4) is 0 Å². The first-order valence-electron chi connectivity index (χ1n) is 4.96. The van der Waals surface area contributed by atoms with Crippen LogP contribution in [-0.2, 0) is 17.9 Å². The average molecular weight is 235 g/mol. The van der Waals surface area contributed by atoms with Crippen LogP contribution in [0.15, 0.2) is 29.6 Å². The van der Waals surface area contributed by atoms with E-state index in [-0.39, 0.29) is 0 Å². The number of ether oxygens (including phenoxy) is 1. The SMILES string of the molecule is COCc1cccc(NCc2csnn2)c1. The van der Waals surface area contributed by atoms with Crippen LogP contribution in [0.1, 0.15) is 11.3 Å². The maximum atomic E-state index is 5.08. The van der Waals surface area contributed by atoms with E-state index in [1.54, 1.807) is 7.11 Å². The molecule has 1 N–H and O–H groups in total. The lowest BCUT2D eigenvalue weighted by molar-refractivity contribution is 0.185. The molecule has 1 aromatic carbocycles. The Morgan fingerprint density at radius 1 is 1.44 bits per heavy atom. The van der Waals surface area contributed by atoms with Gasteiger partial charge in [0.1, 0.15) is 0 Å². The van der Waals surface area contributed by atoms with Gasteiger partial charge in [0.2, 0.25) is 0 Å². The molecule has 2 aromatic rings. The van der Waals surface area contributed by atoms with Crippen molar-refractivity contribution in [2.24, 2.45) is 0 Å². The summed E-state index contributed by atoms with van der Waals surface area (Å²) in [5, 5.41) is 9.20. The predicted molar refractivity (Wildman–Crippen MR) is 64.4 cm³/mol. The van der Waals surface area contributed by atoms with Gasteiger partial charge >= 0.3 is 0 Å². The van der Waals surface area contributed by atoms with Crippen LogP contribution in [0.2, 0.25) is 0 Å². The van der Waals surface area contributed by atoms with E-state index in [0.29, 0.717) is 13.2 Å². The highest BCUT2D eigenvalue weighted by Crippen LogP contribution is 2.12. The number of benzene rings is 1. The molecule has 1 heterocycles. The van der Waals surface area contributed by atoms with Crippen molar-refractivity contribution >= 4 is 17.2 Å². The molecule has 0 fully saturated rings. The van der Waals surface area contributed by atoms with Crippen LogP contribution in [0.5, 0.6) is 0 Å². The van der Waals surface area contributed by atoms with Crippen molar-refractivity contribution < 1.29 is 4.74 Å². The van der Waals surface area contributed by atoms with E-state index in [4.69, 9.17) is 4.74 Å². The molecule has 0 saturated heterocycles. The molecule has 0 amide bonds. The molecule has 0 radical (unpaired) electrons. The summed E-state index contributed by atoms with van der Waals surface area (Å²) in [6.45, 7) is 1.33. The molecule has 0 bridgehead atoms. The van der Waals surface area contributed by atoms with Crippen molar-refractivity contribution in [3.05, 3.63) is 40.9 Å². The van der Waals surface area contributed by atoms with Crippen LogP contribution >= 0.6 is 11.5 Å². The number of anilines is 1. The van der Waals surface area contributed by atoms with E-state index in [2.05, 4.69) is 21.0 Å². The van der Waals surface area contributed by atoms with Crippen LogP contribution in [-0.4, -0.2) is 16.7 Å². The highest BCUT2D eigenvalue weighted by Gasteiger charge is 1.98. The molecule has 0 atom stereocenters. The summed E-state index contributed by atoms with van der Waals surface area (Å²) in [4.78, 5) is 0. The Labute approximate surface area is 98.4 Å². The standard InChI is InChI=1S/C11H13N3OS/c1-15-7-9-3-2-4-10(5-9)12-6-11-8-16-14-13-11/h2-5,8,12H,6-7H2,1H3. The van der Waals surface area contributed by atoms with Crippen LogP contribution in [0, 0.1) is 0 Å². The van der Waals surface area contributed by atoms with Crippen molar-refractivity contribution in [3.8, 4) is 0 Å². The number of nitrogens with one attached hydrogen (secondary N) is 1. The molecular weight excluding hydrogens is 222 g/mol. The summed E-state index contributed by atoms with van der Waals surface area (Å²) < 4.78 is 8.90. The van der Waals surface area contributed by atoms with Crippen LogP contribution in [0.25, 0.3) is 0 Å². The lowest BCUT2D eigenvalue weighted by Crippen LogP contribution is -2.00. The first kappa shape index (κ1) is 11.0. The fourth-order valence-corrected chi connectivity index (χ4v) is 1.84. The zero-order valence-corrected chi connectivity index (χ0v) is 9.83. The minimum atomic E-state index is 0.633. The van der Waals surface area contributed by atoms with Crippen LogP contribution in [0.4, 0.5) is 5.69 Å². The largest absolute Gasteiger partial charge is 0.380 e. The van der Waals surface area contributed by atoms with E-state index >= 15 is 0 Å². The lowest BCUT2D eigenvalue weighted by Gasteiger charge is -2.06. The normalized spacial score (nSPS) is 10.3. The molecule has 1 aromatic heterocycles. The third kappa shape index (κ3) is 3.01. The van der Waals surface area contributed by atoms with Crippen molar-refractivity contribution in [1.82, 2.24) is 9.59 Å². The van der Waals surface area contributed by atoms with E-state index in [1.165, 1.54) is 11.5 Å². The molecule has 0 spiro atoms. The summed E-state index contributed by atoms with van der Waals surface area (Å²) in [6.07, 6.45) is 0. The molecule has 0 saturated carbocycles. The van der Waals surface area contributed by atoms with Gasteiger partial charge in [-0.3, -0.25) is 0 Å². The number of aromatic nitrogens is 2. The minimum Gasteiger partial charge on any atom is -0.380 e. The third-order valence-corrected chi connectivity index (χ3v) is 2.67. The van der Waals surface area contributed by atoms with E-state index in [9.17, 15) is 0 Å². The van der Waals surface area contributed by atoms with Crippen molar-refractivity contribution in [1.29, 1.82) is 0 Å². The van der Waals surface area contributed by atoms with Crippen molar-refractivity contribution in [2.45, 2.75) is 13.2 Å². The summed E-state index contributed by atoms with van der Waals surface area (Å²) in [6, 6.07) is 8.15. The summed E-state index contributed by atoms with van der Waals surface area (Å²) in [7, 11) is 1.70. The smallest absolute Gasteiger partial charge is 0.0946 e. The van der Waals surface area contributed by atoms with Gasteiger partial charge in [0.15, 0.2) is 0 Å². The van der Waals surface area contributed by atoms with Crippen LogP contribution < -0.4 is 5.32 Å². The monoisotopic (exact) mass is 235 g/mol. The number of methoxy groups -OCH3 is 1. The van der Waals surface area contributed by atoms with Gasteiger partial charge < -0.3 is 10.1 Å². The van der Waals surface area contributed by atoms with Gasteiger partial charge in [0.05, 0.1) is 18.8 Å².